The van der Waals surface area contributed by atoms with Crippen molar-refractivity contribution in [2.24, 2.45) is 5.92 Å². The number of allylic oxidation sites excluding steroid dienone is 4. The molecule has 1 unspecified atom stereocenters. The number of nitrogens with zero attached hydrogens (tertiary/aromatic N) is 2. The largest absolute Gasteiger partial charge is 0.323 e. The summed E-state index contributed by atoms with van der Waals surface area (Å²) in [6.45, 7) is 0.522. The number of imidazole rings is 1. The van der Waals surface area contributed by atoms with E-state index >= 15 is 0 Å². The Labute approximate surface area is 150 Å². The van der Waals surface area contributed by atoms with E-state index in [1.165, 1.54) is 5.39 Å². The molecular formula is C22H16N2O2. The first kappa shape index (κ1) is 15.0. The zero-order valence-corrected chi connectivity index (χ0v) is 14.1. The van der Waals surface area contributed by atoms with Crippen LogP contribution in [0.1, 0.15) is 33.0 Å². The Hall–Kier alpha value is -3.27. The van der Waals surface area contributed by atoms with Gasteiger partial charge in [0.15, 0.2) is 5.78 Å². The zero-order valence-electron chi connectivity index (χ0n) is 14.1. The van der Waals surface area contributed by atoms with Gasteiger partial charge in [0.05, 0.1) is 12.2 Å². The van der Waals surface area contributed by atoms with Crippen molar-refractivity contribution in [3.05, 3.63) is 89.5 Å². The van der Waals surface area contributed by atoms with Crippen LogP contribution in [-0.4, -0.2) is 21.1 Å². The average Bonchev–Trinajstić information content (AvgIpc) is 3.10. The van der Waals surface area contributed by atoms with Crippen molar-refractivity contribution in [2.45, 2.75) is 13.0 Å². The van der Waals surface area contributed by atoms with Crippen LogP contribution in [0.3, 0.4) is 0 Å². The molecule has 0 amide bonds. The number of ketones is 2. The van der Waals surface area contributed by atoms with Crippen LogP contribution in [0.25, 0.3) is 10.8 Å². The van der Waals surface area contributed by atoms with Gasteiger partial charge in [0.1, 0.15) is 11.4 Å². The molecule has 126 valence electrons. The third-order valence-corrected chi connectivity index (χ3v) is 5.19. The summed E-state index contributed by atoms with van der Waals surface area (Å²) in [5.74, 6) is -0.494. The third-order valence-electron chi connectivity index (χ3n) is 5.19. The normalized spacial score (nSPS) is 18.6. The fraction of sp³-hybridized carbons (Fsp3) is 0.136. The van der Waals surface area contributed by atoms with E-state index in [9.17, 15) is 9.59 Å². The average molecular weight is 340 g/mol. The molecule has 0 fully saturated rings. The second kappa shape index (κ2) is 5.63. The summed E-state index contributed by atoms with van der Waals surface area (Å²) in [5.41, 5.74) is 2.38. The Morgan fingerprint density at radius 1 is 1.08 bits per heavy atom. The Morgan fingerprint density at radius 2 is 1.92 bits per heavy atom. The Balaban J connectivity index is 1.56. The molecule has 5 rings (SSSR count). The summed E-state index contributed by atoms with van der Waals surface area (Å²) in [5, 5.41) is 2.34. The summed E-state index contributed by atoms with van der Waals surface area (Å²) >= 11 is 0. The van der Waals surface area contributed by atoms with Gasteiger partial charge in [0.25, 0.3) is 0 Å². The molecule has 3 aromatic rings. The van der Waals surface area contributed by atoms with E-state index in [0.29, 0.717) is 24.2 Å². The van der Waals surface area contributed by atoms with E-state index in [1.54, 1.807) is 12.4 Å². The highest BCUT2D eigenvalue weighted by Gasteiger charge is 2.40. The lowest BCUT2D eigenvalue weighted by Gasteiger charge is -2.24. The number of Topliss-reactive ketones (excluding diaryl/α,β-unsaturated/α-hetero) is 2. The predicted octanol–water partition coefficient (Wildman–Crippen LogP) is 3.97. The highest BCUT2D eigenvalue weighted by molar-refractivity contribution is 6.22. The van der Waals surface area contributed by atoms with Crippen LogP contribution in [0.5, 0.6) is 0 Å². The lowest BCUT2D eigenvalue weighted by molar-refractivity contribution is 0.0873. The molecule has 26 heavy (non-hydrogen) atoms. The SMILES string of the molecule is O=C1C2=CC=CCC2C(=O)c2c1ncn2Cc1ccc2ccccc2c1. The van der Waals surface area contributed by atoms with E-state index in [1.807, 2.05) is 28.9 Å². The van der Waals surface area contributed by atoms with Gasteiger partial charge in [-0.2, -0.15) is 0 Å². The monoisotopic (exact) mass is 340 g/mol. The van der Waals surface area contributed by atoms with Gasteiger partial charge in [0.2, 0.25) is 5.78 Å². The summed E-state index contributed by atoms with van der Waals surface area (Å²) in [6, 6.07) is 14.4. The standard InChI is InChI=1S/C22H16N2O2/c25-21-17-7-3-4-8-18(17)22(26)20-19(21)23-13-24(20)12-14-9-10-15-5-1-2-6-16(15)11-14/h1-7,9-11,13,18H,8,12H2. The number of carbonyl (C=O) groups excluding carboxylic acids is 2. The van der Waals surface area contributed by atoms with E-state index in [-0.39, 0.29) is 23.2 Å². The van der Waals surface area contributed by atoms with Gasteiger partial charge in [-0.05, 0) is 28.8 Å². The molecule has 0 saturated heterocycles. The molecule has 4 nitrogen and oxygen atoms in total. The van der Waals surface area contributed by atoms with Crippen molar-refractivity contribution in [1.82, 2.24) is 9.55 Å². The van der Waals surface area contributed by atoms with E-state index in [2.05, 4.69) is 35.3 Å². The van der Waals surface area contributed by atoms with Crippen molar-refractivity contribution in [3.8, 4) is 0 Å². The van der Waals surface area contributed by atoms with Gasteiger partial charge in [-0.1, -0.05) is 54.6 Å². The molecule has 4 heteroatoms. The first-order valence-corrected chi connectivity index (χ1v) is 8.71. The van der Waals surface area contributed by atoms with Gasteiger partial charge in [0, 0.05) is 12.1 Å². The van der Waals surface area contributed by atoms with Crippen LogP contribution >= 0.6 is 0 Å². The molecule has 2 aromatic carbocycles. The van der Waals surface area contributed by atoms with Crippen LogP contribution in [-0.2, 0) is 6.54 Å². The van der Waals surface area contributed by atoms with Crippen molar-refractivity contribution in [3.63, 3.8) is 0 Å². The minimum atomic E-state index is -0.368. The molecule has 1 aromatic heterocycles. The zero-order chi connectivity index (χ0) is 17.7. The van der Waals surface area contributed by atoms with Crippen molar-refractivity contribution in [2.75, 3.05) is 0 Å². The number of carbonyl (C=O) groups is 2. The van der Waals surface area contributed by atoms with Gasteiger partial charge < -0.3 is 4.57 Å². The van der Waals surface area contributed by atoms with E-state index in [0.717, 1.165) is 10.9 Å². The second-order valence-corrected chi connectivity index (χ2v) is 6.78. The van der Waals surface area contributed by atoms with E-state index in [4.69, 9.17) is 0 Å². The molecule has 0 saturated carbocycles. The van der Waals surface area contributed by atoms with Crippen molar-refractivity contribution in [1.29, 1.82) is 0 Å². The number of fused-ring (bicyclic) bond motifs is 3. The maximum atomic E-state index is 13.0. The van der Waals surface area contributed by atoms with E-state index < -0.39 is 0 Å². The van der Waals surface area contributed by atoms with Crippen LogP contribution < -0.4 is 0 Å². The van der Waals surface area contributed by atoms with Crippen molar-refractivity contribution >= 4 is 22.3 Å². The predicted molar refractivity (Wildman–Crippen MR) is 99.3 cm³/mol. The Bertz CT molecular complexity index is 1130. The molecule has 0 radical (unpaired) electrons. The third kappa shape index (κ3) is 2.19. The molecule has 0 spiro atoms. The number of aromatic nitrogens is 2. The number of benzene rings is 2. The fourth-order valence-corrected chi connectivity index (χ4v) is 3.87. The lowest BCUT2D eigenvalue weighted by atomic mass is 9.78. The number of rotatable bonds is 2. The highest BCUT2D eigenvalue weighted by Crippen LogP contribution is 2.34. The molecular weight excluding hydrogens is 324 g/mol. The quantitative estimate of drug-likeness (QED) is 0.709. The molecule has 0 bridgehead atoms. The number of hydrogen-bond donors (Lipinski definition) is 0. The fourth-order valence-electron chi connectivity index (χ4n) is 3.87. The minimum absolute atomic E-state index is 0.00603. The van der Waals surface area contributed by atoms with Gasteiger partial charge >= 0.3 is 0 Å². The second-order valence-electron chi connectivity index (χ2n) is 6.78. The van der Waals surface area contributed by atoms with Crippen LogP contribution in [0.2, 0.25) is 0 Å². The minimum Gasteiger partial charge on any atom is -0.323 e. The maximum absolute atomic E-state index is 13.0. The lowest BCUT2D eigenvalue weighted by Crippen LogP contribution is -2.32. The molecule has 0 N–H and O–H groups in total. The van der Waals surface area contributed by atoms with Gasteiger partial charge in [-0.3, -0.25) is 9.59 Å². The highest BCUT2D eigenvalue weighted by atomic mass is 16.1. The molecule has 2 aliphatic rings. The van der Waals surface area contributed by atoms with Gasteiger partial charge in [-0.15, -0.1) is 0 Å². The number of hydrogen-bond acceptors (Lipinski definition) is 3. The Kier molecular flexibility index (Phi) is 3.25. The molecule has 2 aliphatic carbocycles. The van der Waals surface area contributed by atoms with Crippen LogP contribution in [0.15, 0.2) is 72.6 Å². The molecule has 0 aliphatic heterocycles. The summed E-state index contributed by atoms with van der Waals surface area (Å²) in [4.78, 5) is 30.0. The van der Waals surface area contributed by atoms with Gasteiger partial charge in [-0.25, -0.2) is 4.98 Å². The summed E-state index contributed by atoms with van der Waals surface area (Å²) in [7, 11) is 0. The topological polar surface area (TPSA) is 52.0 Å². The summed E-state index contributed by atoms with van der Waals surface area (Å²) in [6.07, 6.45) is 7.72. The molecule has 1 heterocycles. The maximum Gasteiger partial charge on any atom is 0.210 e. The molecule has 1 atom stereocenters. The first-order valence-electron chi connectivity index (χ1n) is 8.71. The first-order chi connectivity index (χ1) is 12.7. The smallest absolute Gasteiger partial charge is 0.210 e. The summed E-state index contributed by atoms with van der Waals surface area (Å²) < 4.78 is 1.81. The Morgan fingerprint density at radius 3 is 2.81 bits per heavy atom. The van der Waals surface area contributed by atoms with Crippen molar-refractivity contribution < 1.29 is 9.59 Å². The van der Waals surface area contributed by atoms with Crippen LogP contribution in [0.4, 0.5) is 0 Å². The van der Waals surface area contributed by atoms with Crippen LogP contribution in [0, 0.1) is 5.92 Å².